The van der Waals surface area contributed by atoms with E-state index in [1.807, 2.05) is 4.90 Å². The lowest BCUT2D eigenvalue weighted by molar-refractivity contribution is -0.192. The number of methoxy groups -OCH3 is 1. The van der Waals surface area contributed by atoms with Gasteiger partial charge in [-0.1, -0.05) is 24.3 Å². The number of amides is 2. The van der Waals surface area contributed by atoms with Crippen LogP contribution in [0.2, 0.25) is 0 Å². The number of halogens is 3. The fourth-order valence-electron chi connectivity index (χ4n) is 5.12. The Hall–Kier alpha value is -2.33. The number of nitrogens with zero attached hydrogens (tertiary/aromatic N) is 2. The number of rotatable bonds is 4. The minimum Gasteiger partial charge on any atom is -0.475 e. The number of alkyl halides is 3. The van der Waals surface area contributed by atoms with Crippen LogP contribution in [0.25, 0.3) is 0 Å². The first-order valence-electron chi connectivity index (χ1n) is 11.3. The zero-order chi connectivity index (χ0) is 24.1. The second kappa shape index (κ2) is 10.7. The number of hydrogen-bond acceptors (Lipinski definition) is 4. The molecule has 1 unspecified atom stereocenters. The largest absolute Gasteiger partial charge is 0.490 e. The third-order valence-electron chi connectivity index (χ3n) is 6.81. The third kappa shape index (κ3) is 5.97. The SMILES string of the molecule is COCCNC1CC2(CCN(C(=O)N3CCCC3)CC2)c2ccccc21.O=C(O)C(F)(F)F. The number of piperidine rings is 1. The highest BCUT2D eigenvalue weighted by atomic mass is 19.4. The number of carboxylic acid groups (broad SMARTS) is 1. The van der Waals surface area contributed by atoms with Gasteiger partial charge in [-0.05, 0) is 43.2 Å². The molecule has 0 radical (unpaired) electrons. The molecule has 1 aromatic rings. The number of ether oxygens (including phenoxy) is 1. The first kappa shape index (κ1) is 25.3. The summed E-state index contributed by atoms with van der Waals surface area (Å²) in [4.78, 5) is 25.7. The van der Waals surface area contributed by atoms with Crippen molar-refractivity contribution in [2.75, 3.05) is 46.4 Å². The summed E-state index contributed by atoms with van der Waals surface area (Å²) in [6.45, 7) is 5.27. The second-order valence-electron chi connectivity index (χ2n) is 8.84. The van der Waals surface area contributed by atoms with Gasteiger partial charge in [0.05, 0.1) is 6.61 Å². The predicted octanol–water partition coefficient (Wildman–Crippen LogP) is 3.55. The van der Waals surface area contributed by atoms with Crippen molar-refractivity contribution in [2.45, 2.75) is 49.7 Å². The first-order chi connectivity index (χ1) is 15.7. The van der Waals surface area contributed by atoms with Crippen molar-refractivity contribution in [1.82, 2.24) is 15.1 Å². The molecule has 1 aliphatic carbocycles. The number of carbonyl (C=O) groups excluding carboxylic acids is 1. The molecule has 184 valence electrons. The number of carbonyl (C=O) groups is 2. The molecule has 0 saturated carbocycles. The lowest BCUT2D eigenvalue weighted by Gasteiger charge is -2.41. The van der Waals surface area contributed by atoms with Gasteiger partial charge in [0.1, 0.15) is 0 Å². The lowest BCUT2D eigenvalue weighted by atomic mass is 9.73. The summed E-state index contributed by atoms with van der Waals surface area (Å²) in [6.07, 6.45) is 0.525. The molecule has 2 amide bonds. The molecule has 1 spiro atoms. The van der Waals surface area contributed by atoms with Crippen molar-refractivity contribution in [3.63, 3.8) is 0 Å². The van der Waals surface area contributed by atoms with Crippen LogP contribution in [0.3, 0.4) is 0 Å². The third-order valence-corrected chi connectivity index (χ3v) is 6.81. The summed E-state index contributed by atoms with van der Waals surface area (Å²) < 4.78 is 36.9. The van der Waals surface area contributed by atoms with Crippen molar-refractivity contribution >= 4 is 12.0 Å². The Bertz CT molecular complexity index is 819. The highest BCUT2D eigenvalue weighted by Gasteiger charge is 2.46. The molecule has 2 fully saturated rings. The maximum atomic E-state index is 12.7. The molecule has 2 heterocycles. The van der Waals surface area contributed by atoms with Gasteiger partial charge in [0.25, 0.3) is 0 Å². The summed E-state index contributed by atoms with van der Waals surface area (Å²) in [5, 5.41) is 10.8. The zero-order valence-electron chi connectivity index (χ0n) is 18.9. The van der Waals surface area contributed by atoms with Crippen molar-refractivity contribution in [3.05, 3.63) is 35.4 Å². The maximum absolute atomic E-state index is 12.7. The van der Waals surface area contributed by atoms with E-state index in [-0.39, 0.29) is 11.4 Å². The van der Waals surface area contributed by atoms with Crippen LogP contribution in [0.15, 0.2) is 24.3 Å². The molecule has 10 heteroatoms. The van der Waals surface area contributed by atoms with Crippen LogP contribution in [0.1, 0.15) is 49.3 Å². The normalized spacial score (nSPS) is 21.5. The Labute approximate surface area is 191 Å². The van der Waals surface area contributed by atoms with Gasteiger partial charge >= 0.3 is 18.2 Å². The molecule has 2 N–H and O–H groups in total. The second-order valence-corrected chi connectivity index (χ2v) is 8.84. The van der Waals surface area contributed by atoms with Crippen molar-refractivity contribution < 1.29 is 32.6 Å². The maximum Gasteiger partial charge on any atom is 0.490 e. The molecular formula is C23H32F3N3O4. The van der Waals surface area contributed by atoms with Crippen LogP contribution in [-0.4, -0.2) is 79.5 Å². The molecule has 3 aliphatic rings. The Morgan fingerprint density at radius 2 is 1.70 bits per heavy atom. The number of carboxylic acids is 1. The molecule has 1 atom stereocenters. The van der Waals surface area contributed by atoms with E-state index < -0.39 is 12.1 Å². The van der Waals surface area contributed by atoms with Gasteiger partial charge in [0.15, 0.2) is 0 Å². The lowest BCUT2D eigenvalue weighted by Crippen LogP contribution is -2.49. The summed E-state index contributed by atoms with van der Waals surface area (Å²) in [6, 6.07) is 9.57. The van der Waals surface area contributed by atoms with Gasteiger partial charge in [0.2, 0.25) is 0 Å². The molecule has 2 aliphatic heterocycles. The van der Waals surface area contributed by atoms with Crippen LogP contribution >= 0.6 is 0 Å². The van der Waals surface area contributed by atoms with E-state index in [4.69, 9.17) is 14.6 Å². The van der Waals surface area contributed by atoms with Gasteiger partial charge in [-0.15, -0.1) is 0 Å². The molecule has 33 heavy (non-hydrogen) atoms. The predicted molar refractivity (Wildman–Crippen MR) is 116 cm³/mol. The molecule has 4 rings (SSSR count). The van der Waals surface area contributed by atoms with E-state index in [2.05, 4.69) is 34.5 Å². The number of benzene rings is 1. The minimum absolute atomic E-state index is 0.225. The number of urea groups is 1. The average Bonchev–Trinajstić information content (AvgIpc) is 3.42. The van der Waals surface area contributed by atoms with Crippen molar-refractivity contribution in [2.24, 2.45) is 0 Å². The highest BCUT2D eigenvalue weighted by molar-refractivity contribution is 5.75. The van der Waals surface area contributed by atoms with E-state index in [0.29, 0.717) is 6.04 Å². The smallest absolute Gasteiger partial charge is 0.475 e. The molecular weight excluding hydrogens is 439 g/mol. The van der Waals surface area contributed by atoms with Gasteiger partial charge in [-0.2, -0.15) is 13.2 Å². The Morgan fingerprint density at radius 1 is 1.12 bits per heavy atom. The van der Waals surface area contributed by atoms with Gasteiger partial charge in [-0.25, -0.2) is 9.59 Å². The molecule has 2 saturated heterocycles. The number of aliphatic carboxylic acids is 1. The van der Waals surface area contributed by atoms with E-state index in [1.54, 1.807) is 7.11 Å². The monoisotopic (exact) mass is 471 g/mol. The summed E-state index contributed by atoms with van der Waals surface area (Å²) in [7, 11) is 1.75. The van der Waals surface area contributed by atoms with Gasteiger partial charge in [0, 0.05) is 51.3 Å². The Morgan fingerprint density at radius 3 is 2.27 bits per heavy atom. The minimum atomic E-state index is -5.08. The van der Waals surface area contributed by atoms with Crippen molar-refractivity contribution in [3.8, 4) is 0 Å². The van der Waals surface area contributed by atoms with Crippen LogP contribution in [0, 0.1) is 0 Å². The number of fused-ring (bicyclic) bond motifs is 2. The van der Waals surface area contributed by atoms with Crippen LogP contribution in [0.4, 0.5) is 18.0 Å². The molecule has 1 aromatic carbocycles. The van der Waals surface area contributed by atoms with Crippen molar-refractivity contribution in [1.29, 1.82) is 0 Å². The highest BCUT2D eigenvalue weighted by Crippen LogP contribution is 2.50. The first-order valence-corrected chi connectivity index (χ1v) is 11.3. The number of hydrogen-bond donors (Lipinski definition) is 2. The molecule has 0 aromatic heterocycles. The van der Waals surface area contributed by atoms with E-state index in [1.165, 1.54) is 11.1 Å². The number of likely N-dealkylation sites (tertiary alicyclic amines) is 2. The van der Waals surface area contributed by atoms with Gasteiger partial charge in [-0.3, -0.25) is 0 Å². The standard InChI is InChI=1S/C21H31N3O2.C2HF3O2/c1-26-15-10-22-19-16-21(18-7-3-2-6-17(18)19)8-13-24(14-9-21)20(25)23-11-4-5-12-23;3-2(4,5)1(6)7/h2-3,6-7,19,22H,4-5,8-16H2,1H3;(H,6,7). The quantitative estimate of drug-likeness (QED) is 0.657. The Kier molecular flexibility index (Phi) is 8.23. The fraction of sp³-hybridized carbons (Fsp3) is 0.652. The summed E-state index contributed by atoms with van der Waals surface area (Å²) in [5.41, 5.74) is 3.18. The number of nitrogens with one attached hydrogen (secondary N) is 1. The van der Waals surface area contributed by atoms with Crippen LogP contribution < -0.4 is 5.32 Å². The topological polar surface area (TPSA) is 82.1 Å². The van der Waals surface area contributed by atoms with Gasteiger partial charge < -0.3 is 25.0 Å². The van der Waals surface area contributed by atoms with E-state index >= 15 is 0 Å². The van der Waals surface area contributed by atoms with Crippen LogP contribution in [-0.2, 0) is 14.9 Å². The fourth-order valence-corrected chi connectivity index (χ4v) is 5.12. The van der Waals surface area contributed by atoms with E-state index in [9.17, 15) is 18.0 Å². The Balaban J connectivity index is 0.000000383. The summed E-state index contributed by atoms with van der Waals surface area (Å²) in [5.74, 6) is -2.76. The summed E-state index contributed by atoms with van der Waals surface area (Å²) >= 11 is 0. The van der Waals surface area contributed by atoms with Crippen LogP contribution in [0.5, 0.6) is 0 Å². The van der Waals surface area contributed by atoms with E-state index in [0.717, 1.165) is 71.4 Å². The molecule has 7 nitrogen and oxygen atoms in total. The average molecular weight is 472 g/mol. The zero-order valence-corrected chi connectivity index (χ0v) is 18.9. The molecule has 0 bridgehead atoms.